The van der Waals surface area contributed by atoms with E-state index >= 15 is 0 Å². The molecule has 0 aromatic heterocycles. The monoisotopic (exact) mass is 366 g/mol. The molecule has 0 aromatic rings. The number of piperidine rings is 1. The third-order valence-electron chi connectivity index (χ3n) is 3.13. The maximum Gasteiger partial charge on any atom is 2.00 e. The Morgan fingerprint density at radius 1 is 1.21 bits per heavy atom. The van der Waals surface area contributed by atoms with E-state index in [2.05, 4.69) is 30.8 Å². The van der Waals surface area contributed by atoms with E-state index in [1.54, 1.807) is 6.92 Å². The molecular weight excluding hydrogens is 344 g/mol. The first kappa shape index (κ1) is 14.6. The van der Waals surface area contributed by atoms with E-state index in [1.807, 2.05) is 0 Å². The van der Waals surface area contributed by atoms with Crippen LogP contribution in [0.4, 0.5) is 0 Å². The summed E-state index contributed by atoms with van der Waals surface area (Å²) in [5.74, 6) is 0.909. The van der Waals surface area contributed by atoms with Gasteiger partial charge in [-0.25, -0.2) is 0 Å². The molecule has 0 spiro atoms. The van der Waals surface area contributed by atoms with Crippen LogP contribution in [0.2, 0.25) is 0 Å². The van der Waals surface area contributed by atoms with Crippen LogP contribution in [0.1, 0.15) is 19.8 Å². The standard InChI is InChI=1S/C9H17N2.C2H5.W/c1-10-6-8-4-3-5-11(2)9(8)7-10;1-2;/h8-9H,1,3-7H2,2H3;1H2,2H3;/q2*-1;+2/t8-,9+;;/m0../s1. The molecule has 2 saturated heterocycles. The normalized spacial score (nSPS) is 32.6. The smallest absolute Gasteiger partial charge is 0.458 e. The van der Waals surface area contributed by atoms with Gasteiger partial charge in [-0.3, -0.25) is 7.05 Å². The van der Waals surface area contributed by atoms with Crippen molar-refractivity contribution >= 4 is 0 Å². The van der Waals surface area contributed by atoms with Gasteiger partial charge in [0, 0.05) is 6.04 Å². The molecule has 0 amide bonds. The summed E-state index contributed by atoms with van der Waals surface area (Å²) in [5.41, 5.74) is 0. The summed E-state index contributed by atoms with van der Waals surface area (Å²) in [5, 5.41) is 0. The van der Waals surface area contributed by atoms with Crippen LogP contribution >= 0.6 is 0 Å². The van der Waals surface area contributed by atoms with Gasteiger partial charge in [0.15, 0.2) is 0 Å². The van der Waals surface area contributed by atoms with Gasteiger partial charge in [0.05, 0.1) is 0 Å². The minimum atomic E-state index is 0. The largest absolute Gasteiger partial charge is 2.00 e. The van der Waals surface area contributed by atoms with Crippen LogP contribution in [-0.4, -0.2) is 42.5 Å². The Kier molecular flexibility index (Phi) is 7.28. The van der Waals surface area contributed by atoms with Crippen LogP contribution in [0.5, 0.6) is 0 Å². The van der Waals surface area contributed by atoms with Gasteiger partial charge < -0.3 is 16.7 Å². The van der Waals surface area contributed by atoms with Crippen LogP contribution in [0.15, 0.2) is 0 Å². The Morgan fingerprint density at radius 2 is 1.86 bits per heavy atom. The van der Waals surface area contributed by atoms with E-state index in [1.165, 1.54) is 32.5 Å². The predicted molar refractivity (Wildman–Crippen MR) is 57.1 cm³/mol. The number of likely N-dealkylation sites (tertiary alicyclic amines) is 2. The molecule has 0 aliphatic carbocycles. The minimum absolute atomic E-state index is 0. The fraction of sp³-hybridized carbons (Fsp3) is 0.818. The second kappa shape index (κ2) is 6.98. The van der Waals surface area contributed by atoms with Gasteiger partial charge in [0.25, 0.3) is 0 Å². The summed E-state index contributed by atoms with van der Waals surface area (Å²) in [7, 11) is 6.25. The van der Waals surface area contributed by atoms with Gasteiger partial charge >= 0.3 is 21.1 Å². The molecule has 14 heavy (non-hydrogen) atoms. The fourth-order valence-corrected chi connectivity index (χ4v) is 2.49. The van der Waals surface area contributed by atoms with Crippen molar-refractivity contribution in [2.24, 2.45) is 5.92 Å². The molecule has 0 unspecified atom stereocenters. The summed E-state index contributed by atoms with van der Waals surface area (Å²) in [4.78, 5) is 4.72. The average molecular weight is 366 g/mol. The van der Waals surface area contributed by atoms with Crippen molar-refractivity contribution < 1.29 is 21.1 Å². The van der Waals surface area contributed by atoms with Crippen LogP contribution < -0.4 is 0 Å². The molecule has 2 nitrogen and oxygen atoms in total. The molecule has 0 saturated carbocycles. The van der Waals surface area contributed by atoms with E-state index in [0.717, 1.165) is 12.0 Å². The van der Waals surface area contributed by atoms with Crippen LogP contribution in [-0.2, 0) is 21.1 Å². The molecule has 0 N–H and O–H groups in total. The van der Waals surface area contributed by atoms with Crippen molar-refractivity contribution in [3.63, 3.8) is 0 Å². The van der Waals surface area contributed by atoms with Gasteiger partial charge in [0.2, 0.25) is 0 Å². The number of hydrogen-bond donors (Lipinski definition) is 0. The van der Waals surface area contributed by atoms with Gasteiger partial charge in [0.1, 0.15) is 0 Å². The summed E-state index contributed by atoms with van der Waals surface area (Å²) in [6, 6.07) is 0.807. The fourth-order valence-electron chi connectivity index (χ4n) is 2.49. The zero-order valence-electron chi connectivity index (χ0n) is 9.41. The second-order valence-corrected chi connectivity index (χ2v) is 3.99. The SMILES string of the molecule is [CH2-]C.[CH2-]N1C[C@@H]2CCCN(C)[C@@H]2C1.[W+2]. The molecule has 2 fully saturated rings. The number of fused-ring (bicyclic) bond motifs is 1. The van der Waals surface area contributed by atoms with Gasteiger partial charge in [-0.05, 0) is 45.4 Å². The van der Waals surface area contributed by atoms with Gasteiger partial charge in [-0.2, -0.15) is 6.92 Å². The molecule has 2 aliphatic heterocycles. The Labute approximate surface area is 103 Å². The van der Waals surface area contributed by atoms with Crippen molar-refractivity contribution in [1.29, 1.82) is 0 Å². The minimum Gasteiger partial charge on any atom is -0.458 e. The Hall–Kier alpha value is 0.608. The zero-order valence-corrected chi connectivity index (χ0v) is 12.3. The van der Waals surface area contributed by atoms with Crippen LogP contribution in [0, 0.1) is 19.9 Å². The molecule has 0 radical (unpaired) electrons. The zero-order chi connectivity index (χ0) is 9.84. The van der Waals surface area contributed by atoms with E-state index in [4.69, 9.17) is 0 Å². The maximum absolute atomic E-state index is 4.00. The first-order valence-corrected chi connectivity index (χ1v) is 5.24. The summed E-state index contributed by atoms with van der Waals surface area (Å²) in [6.07, 6.45) is 2.80. The van der Waals surface area contributed by atoms with E-state index in [0.29, 0.717) is 0 Å². The Morgan fingerprint density at radius 3 is 2.43 bits per heavy atom. The van der Waals surface area contributed by atoms with E-state index in [9.17, 15) is 0 Å². The topological polar surface area (TPSA) is 6.48 Å². The van der Waals surface area contributed by atoms with Crippen molar-refractivity contribution in [3.8, 4) is 0 Å². The molecule has 82 valence electrons. The van der Waals surface area contributed by atoms with Gasteiger partial charge in [-0.1, -0.05) is 0 Å². The second-order valence-electron chi connectivity index (χ2n) is 3.99. The summed E-state index contributed by atoms with van der Waals surface area (Å²) >= 11 is 0. The number of hydrogen-bond acceptors (Lipinski definition) is 2. The first-order chi connectivity index (χ1) is 6.27. The molecule has 2 atom stereocenters. The summed E-state index contributed by atoms with van der Waals surface area (Å²) in [6.45, 7) is 8.69. The maximum atomic E-state index is 4.00. The van der Waals surface area contributed by atoms with E-state index < -0.39 is 0 Å². The molecule has 2 aliphatic rings. The average Bonchev–Trinajstić information content (AvgIpc) is 2.51. The molecular formula is C11H22N2W. The number of rotatable bonds is 0. The third-order valence-corrected chi connectivity index (χ3v) is 3.13. The molecule has 0 aromatic carbocycles. The molecule has 2 rings (SSSR count). The van der Waals surface area contributed by atoms with Crippen molar-refractivity contribution in [2.75, 3.05) is 26.7 Å². The van der Waals surface area contributed by atoms with Crippen molar-refractivity contribution in [2.45, 2.75) is 25.8 Å². The Bertz CT molecular complexity index is 152. The first-order valence-electron chi connectivity index (χ1n) is 5.24. The molecule has 3 heteroatoms. The Balaban J connectivity index is 0.000000531. The third kappa shape index (κ3) is 3.32. The molecule has 2 heterocycles. The predicted octanol–water partition coefficient (Wildman–Crippen LogP) is 1.64. The van der Waals surface area contributed by atoms with E-state index in [-0.39, 0.29) is 21.1 Å². The number of likely N-dealkylation sites (N-methyl/N-ethyl adjacent to an activating group) is 1. The molecule has 0 bridgehead atoms. The summed E-state index contributed by atoms with van der Waals surface area (Å²) < 4.78 is 0. The van der Waals surface area contributed by atoms with Crippen LogP contribution in [0.25, 0.3) is 0 Å². The number of nitrogens with zero attached hydrogens (tertiary/aromatic N) is 2. The van der Waals surface area contributed by atoms with Crippen molar-refractivity contribution in [1.82, 2.24) is 9.80 Å². The quantitative estimate of drug-likeness (QED) is 0.602. The van der Waals surface area contributed by atoms with Gasteiger partial charge in [-0.15, -0.1) is 0 Å². The van der Waals surface area contributed by atoms with Crippen LogP contribution in [0.3, 0.4) is 0 Å². The van der Waals surface area contributed by atoms with Crippen molar-refractivity contribution in [3.05, 3.63) is 14.0 Å².